The van der Waals surface area contributed by atoms with Crippen molar-refractivity contribution in [3.63, 3.8) is 0 Å². The van der Waals surface area contributed by atoms with Gasteiger partial charge in [-0.25, -0.2) is 9.69 Å². The lowest BCUT2D eigenvalue weighted by molar-refractivity contribution is -0.115. The van der Waals surface area contributed by atoms with Crippen molar-refractivity contribution in [2.45, 2.75) is 32.6 Å². The minimum atomic E-state index is -0.421. The molecule has 1 aliphatic heterocycles. The van der Waals surface area contributed by atoms with Crippen molar-refractivity contribution >= 4 is 29.1 Å². The number of amides is 3. The molecule has 0 N–H and O–H groups in total. The SMILES string of the molecule is CCCCCC(=O)c1ccccc1N1C(=O)CN(c2ccccc2)C1=O. The molecule has 0 radical (unpaired) electrons. The standard InChI is InChI=1S/C21H22N2O3/c1-2-3-5-14-19(24)17-12-8-9-13-18(17)23-20(25)15-22(21(23)26)16-10-6-4-7-11-16/h4,6-13H,2-3,5,14-15H2,1H3. The fourth-order valence-electron chi connectivity index (χ4n) is 3.12. The Hall–Kier alpha value is -2.95. The van der Waals surface area contributed by atoms with Gasteiger partial charge in [-0.3, -0.25) is 14.5 Å². The van der Waals surface area contributed by atoms with Gasteiger partial charge in [-0.1, -0.05) is 50.1 Å². The van der Waals surface area contributed by atoms with Crippen LogP contribution < -0.4 is 9.80 Å². The largest absolute Gasteiger partial charge is 0.336 e. The molecule has 1 saturated heterocycles. The van der Waals surface area contributed by atoms with Crippen molar-refractivity contribution in [3.8, 4) is 0 Å². The van der Waals surface area contributed by atoms with E-state index in [0.29, 0.717) is 23.4 Å². The van der Waals surface area contributed by atoms with E-state index in [0.717, 1.165) is 24.2 Å². The third kappa shape index (κ3) is 3.52. The van der Waals surface area contributed by atoms with Crippen molar-refractivity contribution in [2.75, 3.05) is 16.3 Å². The number of hydrogen-bond acceptors (Lipinski definition) is 3. The second-order valence-corrected chi connectivity index (χ2v) is 6.33. The van der Waals surface area contributed by atoms with Gasteiger partial charge in [0.25, 0.3) is 5.91 Å². The Morgan fingerprint density at radius 1 is 0.962 bits per heavy atom. The quantitative estimate of drug-likeness (QED) is 0.422. The molecule has 0 bridgehead atoms. The number of imide groups is 1. The van der Waals surface area contributed by atoms with Crippen molar-refractivity contribution in [1.82, 2.24) is 0 Å². The molecule has 3 amide bonds. The summed E-state index contributed by atoms with van der Waals surface area (Å²) in [5.41, 5.74) is 1.47. The summed E-state index contributed by atoms with van der Waals surface area (Å²) < 4.78 is 0. The van der Waals surface area contributed by atoms with Crippen LogP contribution in [0, 0.1) is 0 Å². The summed E-state index contributed by atoms with van der Waals surface area (Å²) in [6.07, 6.45) is 3.24. The normalized spacial score (nSPS) is 14.2. The van der Waals surface area contributed by atoms with E-state index in [1.54, 1.807) is 36.4 Å². The van der Waals surface area contributed by atoms with Crippen LogP contribution in [0.1, 0.15) is 43.0 Å². The molecule has 0 spiro atoms. The lowest BCUT2D eigenvalue weighted by atomic mass is 10.0. The predicted molar refractivity (Wildman–Crippen MR) is 102 cm³/mol. The van der Waals surface area contributed by atoms with Crippen LogP contribution in [0.5, 0.6) is 0 Å². The number of urea groups is 1. The van der Waals surface area contributed by atoms with E-state index in [2.05, 4.69) is 6.92 Å². The zero-order valence-electron chi connectivity index (χ0n) is 14.9. The maximum atomic E-state index is 12.9. The first-order chi connectivity index (χ1) is 12.6. The number of Topliss-reactive ketones (excluding diaryl/α,β-unsaturated/α-hetero) is 1. The summed E-state index contributed by atoms with van der Waals surface area (Å²) in [7, 11) is 0. The number of carbonyl (C=O) groups is 3. The van der Waals surface area contributed by atoms with Crippen LogP contribution in [0.15, 0.2) is 54.6 Å². The van der Waals surface area contributed by atoms with Crippen molar-refractivity contribution in [1.29, 1.82) is 0 Å². The maximum absolute atomic E-state index is 12.9. The second kappa shape index (κ2) is 7.95. The Morgan fingerprint density at radius 3 is 2.38 bits per heavy atom. The molecule has 26 heavy (non-hydrogen) atoms. The van der Waals surface area contributed by atoms with Gasteiger partial charge in [0.15, 0.2) is 5.78 Å². The average molecular weight is 350 g/mol. The van der Waals surface area contributed by atoms with Gasteiger partial charge in [0.05, 0.1) is 5.69 Å². The van der Waals surface area contributed by atoms with Crippen LogP contribution in [0.2, 0.25) is 0 Å². The summed E-state index contributed by atoms with van der Waals surface area (Å²) in [6.45, 7) is 2.05. The highest BCUT2D eigenvalue weighted by Crippen LogP contribution is 2.29. The molecule has 2 aromatic rings. The lowest BCUT2D eigenvalue weighted by Gasteiger charge is -2.19. The minimum absolute atomic E-state index is 0.0266. The van der Waals surface area contributed by atoms with E-state index >= 15 is 0 Å². The molecular formula is C21H22N2O3. The summed E-state index contributed by atoms with van der Waals surface area (Å²) in [4.78, 5) is 40.6. The highest BCUT2D eigenvalue weighted by atomic mass is 16.2. The van der Waals surface area contributed by atoms with Crippen LogP contribution in [-0.4, -0.2) is 24.3 Å². The van der Waals surface area contributed by atoms with Crippen LogP contribution in [0.4, 0.5) is 16.2 Å². The van der Waals surface area contributed by atoms with Crippen LogP contribution in [0.3, 0.4) is 0 Å². The molecule has 0 atom stereocenters. The van der Waals surface area contributed by atoms with Crippen molar-refractivity contribution in [3.05, 3.63) is 60.2 Å². The number of hydrogen-bond donors (Lipinski definition) is 0. The number of benzene rings is 2. The Balaban J connectivity index is 1.88. The topological polar surface area (TPSA) is 57.7 Å². The molecule has 0 saturated carbocycles. The average Bonchev–Trinajstić information content (AvgIpc) is 2.97. The van der Waals surface area contributed by atoms with E-state index in [1.807, 2.05) is 18.2 Å². The van der Waals surface area contributed by atoms with E-state index in [4.69, 9.17) is 0 Å². The van der Waals surface area contributed by atoms with E-state index in [-0.39, 0.29) is 18.2 Å². The number of para-hydroxylation sites is 2. The Labute approximate surface area is 153 Å². The van der Waals surface area contributed by atoms with E-state index in [1.165, 1.54) is 4.90 Å². The van der Waals surface area contributed by atoms with Gasteiger partial charge in [0.2, 0.25) is 0 Å². The van der Waals surface area contributed by atoms with Crippen molar-refractivity contribution < 1.29 is 14.4 Å². The minimum Gasteiger partial charge on any atom is -0.294 e. The van der Waals surface area contributed by atoms with Crippen LogP contribution in [-0.2, 0) is 4.79 Å². The number of unbranched alkanes of at least 4 members (excludes halogenated alkanes) is 2. The Bertz CT molecular complexity index is 817. The van der Waals surface area contributed by atoms with Gasteiger partial charge in [0.1, 0.15) is 6.54 Å². The van der Waals surface area contributed by atoms with Gasteiger partial charge in [0, 0.05) is 17.7 Å². The fourth-order valence-corrected chi connectivity index (χ4v) is 3.12. The molecule has 134 valence electrons. The first kappa shape index (κ1) is 17.9. The molecule has 1 fully saturated rings. The van der Waals surface area contributed by atoms with Crippen LogP contribution >= 0.6 is 0 Å². The van der Waals surface area contributed by atoms with Gasteiger partial charge in [-0.15, -0.1) is 0 Å². The summed E-state index contributed by atoms with van der Waals surface area (Å²) >= 11 is 0. The monoisotopic (exact) mass is 350 g/mol. The first-order valence-electron chi connectivity index (χ1n) is 8.95. The van der Waals surface area contributed by atoms with Crippen LogP contribution in [0.25, 0.3) is 0 Å². The Morgan fingerprint density at radius 2 is 1.65 bits per heavy atom. The van der Waals surface area contributed by atoms with Crippen molar-refractivity contribution in [2.24, 2.45) is 0 Å². The zero-order valence-corrected chi connectivity index (χ0v) is 14.9. The number of nitrogens with zero attached hydrogens (tertiary/aromatic N) is 2. The maximum Gasteiger partial charge on any atom is 0.336 e. The molecule has 0 aliphatic carbocycles. The van der Waals surface area contributed by atoms with E-state index in [9.17, 15) is 14.4 Å². The molecule has 5 heteroatoms. The molecule has 1 heterocycles. The summed E-state index contributed by atoms with van der Waals surface area (Å²) in [5, 5.41) is 0. The number of ketones is 1. The van der Waals surface area contributed by atoms with Gasteiger partial charge >= 0.3 is 6.03 Å². The number of rotatable bonds is 7. The highest BCUT2D eigenvalue weighted by molar-refractivity contribution is 6.28. The third-order valence-corrected chi connectivity index (χ3v) is 4.49. The van der Waals surface area contributed by atoms with Gasteiger partial charge in [-0.05, 0) is 30.7 Å². The second-order valence-electron chi connectivity index (χ2n) is 6.33. The first-order valence-corrected chi connectivity index (χ1v) is 8.95. The van der Waals surface area contributed by atoms with E-state index < -0.39 is 6.03 Å². The molecule has 2 aromatic carbocycles. The highest BCUT2D eigenvalue weighted by Gasteiger charge is 2.39. The lowest BCUT2D eigenvalue weighted by Crippen LogP contribution is -2.34. The fraction of sp³-hybridized carbons (Fsp3) is 0.286. The molecular weight excluding hydrogens is 328 g/mol. The Kier molecular flexibility index (Phi) is 5.46. The van der Waals surface area contributed by atoms with Gasteiger partial charge in [-0.2, -0.15) is 0 Å². The molecule has 0 unspecified atom stereocenters. The number of carbonyl (C=O) groups excluding carboxylic acids is 3. The molecule has 3 rings (SSSR count). The van der Waals surface area contributed by atoms with Gasteiger partial charge < -0.3 is 0 Å². The number of anilines is 2. The summed E-state index contributed by atoms with van der Waals surface area (Å²) in [5.74, 6) is -0.361. The molecule has 0 aromatic heterocycles. The smallest absolute Gasteiger partial charge is 0.294 e. The predicted octanol–water partition coefficient (Wildman–Crippen LogP) is 4.42. The zero-order chi connectivity index (χ0) is 18.5. The molecule has 5 nitrogen and oxygen atoms in total. The third-order valence-electron chi connectivity index (χ3n) is 4.49. The molecule has 1 aliphatic rings. The summed E-state index contributed by atoms with van der Waals surface area (Å²) in [6, 6.07) is 15.5.